The highest BCUT2D eigenvalue weighted by Crippen LogP contribution is 2.19. The first kappa shape index (κ1) is 9.00. The molecule has 0 aliphatic rings. The zero-order valence-electron chi connectivity index (χ0n) is 6.16. The van der Waals surface area contributed by atoms with Crippen LogP contribution < -0.4 is 5.11 Å². The molecule has 3 heteroatoms. The molecule has 0 heterocycles. The molecule has 1 aromatic carbocycles. The fourth-order valence-electron chi connectivity index (χ4n) is 0.784. The third kappa shape index (κ3) is 2.51. The van der Waals surface area contributed by atoms with Crippen LogP contribution in [0, 0.1) is 0 Å². The van der Waals surface area contributed by atoms with Gasteiger partial charge in [-0.3, -0.25) is 0 Å². The van der Waals surface area contributed by atoms with Crippen LogP contribution in [0.2, 0.25) is 0 Å². The van der Waals surface area contributed by atoms with Gasteiger partial charge in [0.2, 0.25) is 0 Å². The molecule has 0 N–H and O–H groups in total. The molecule has 0 aliphatic heterocycles. The Kier molecular flexibility index (Phi) is 3.05. The van der Waals surface area contributed by atoms with E-state index in [1.807, 2.05) is 30.3 Å². The summed E-state index contributed by atoms with van der Waals surface area (Å²) >= 11 is 3.13. The molecule has 0 saturated carbocycles. The first-order chi connectivity index (χ1) is 5.70. The van der Waals surface area contributed by atoms with Gasteiger partial charge in [-0.15, -0.1) is 0 Å². The van der Waals surface area contributed by atoms with Gasteiger partial charge in [0.1, 0.15) is 0 Å². The van der Waals surface area contributed by atoms with Crippen molar-refractivity contribution in [1.82, 2.24) is 0 Å². The van der Waals surface area contributed by atoms with Crippen LogP contribution >= 0.6 is 15.9 Å². The Hall–Kier alpha value is -1.09. The number of carbonyl (C=O) groups is 1. The summed E-state index contributed by atoms with van der Waals surface area (Å²) in [6.07, 6.45) is 1.01. The summed E-state index contributed by atoms with van der Waals surface area (Å²) in [4.78, 5) is 10.2. The second-order valence-electron chi connectivity index (χ2n) is 2.18. The number of halogens is 1. The maximum Gasteiger partial charge on any atom is 0.0654 e. The highest BCUT2D eigenvalue weighted by Gasteiger charge is 1.93. The van der Waals surface area contributed by atoms with Crippen molar-refractivity contribution in [2.45, 2.75) is 0 Å². The van der Waals surface area contributed by atoms with Crippen LogP contribution in [0.5, 0.6) is 0 Å². The normalized spacial score (nSPS) is 11.2. The van der Waals surface area contributed by atoms with Crippen molar-refractivity contribution in [3.63, 3.8) is 0 Å². The monoisotopic (exact) mass is 225 g/mol. The number of hydrogen-bond donors (Lipinski definition) is 0. The fraction of sp³-hybridized carbons (Fsp3) is 0. The van der Waals surface area contributed by atoms with Crippen molar-refractivity contribution in [2.24, 2.45) is 0 Å². The van der Waals surface area contributed by atoms with Crippen LogP contribution in [-0.2, 0) is 4.79 Å². The lowest BCUT2D eigenvalue weighted by Gasteiger charge is -1.99. The lowest BCUT2D eigenvalue weighted by molar-refractivity contribution is -0.297. The van der Waals surface area contributed by atoms with Crippen LogP contribution in [0.25, 0.3) is 4.48 Å². The molecule has 0 atom stereocenters. The first-order valence-corrected chi connectivity index (χ1v) is 4.13. The summed E-state index contributed by atoms with van der Waals surface area (Å²) in [7, 11) is 0. The zero-order valence-corrected chi connectivity index (χ0v) is 7.74. The number of benzene rings is 1. The van der Waals surface area contributed by atoms with Gasteiger partial charge in [-0.25, -0.2) is 0 Å². The molecule has 0 aromatic heterocycles. The molecule has 0 amide bonds. The Labute approximate surface area is 78.7 Å². The standard InChI is InChI=1S/C9H7BrO2/c10-8(6-9(11)12)7-4-2-1-3-5-7/h1-6H,(H,11,12)/p-1. The Balaban J connectivity index is 2.93. The number of hydrogen-bond acceptors (Lipinski definition) is 2. The summed E-state index contributed by atoms with van der Waals surface area (Å²) in [6, 6.07) is 9.15. The second kappa shape index (κ2) is 4.07. The fourth-order valence-corrected chi connectivity index (χ4v) is 1.24. The zero-order chi connectivity index (χ0) is 8.97. The molecule has 0 spiro atoms. The topological polar surface area (TPSA) is 40.1 Å². The summed E-state index contributed by atoms with van der Waals surface area (Å²) in [6.45, 7) is 0. The van der Waals surface area contributed by atoms with Gasteiger partial charge in [-0.05, 0) is 11.6 Å². The number of rotatable bonds is 2. The minimum absolute atomic E-state index is 0.517. The number of aliphatic carboxylic acids is 1. The predicted molar refractivity (Wildman–Crippen MR) is 48.4 cm³/mol. The van der Waals surface area contributed by atoms with Crippen molar-refractivity contribution < 1.29 is 9.90 Å². The Bertz CT molecular complexity index is 304. The average molecular weight is 226 g/mol. The smallest absolute Gasteiger partial charge is 0.0654 e. The number of carbonyl (C=O) groups excluding carboxylic acids is 1. The van der Waals surface area contributed by atoms with Gasteiger partial charge >= 0.3 is 0 Å². The van der Waals surface area contributed by atoms with E-state index in [2.05, 4.69) is 15.9 Å². The van der Waals surface area contributed by atoms with Crippen molar-refractivity contribution >= 4 is 26.4 Å². The van der Waals surface area contributed by atoms with E-state index < -0.39 is 5.97 Å². The van der Waals surface area contributed by atoms with Gasteiger partial charge < -0.3 is 9.90 Å². The van der Waals surface area contributed by atoms with Gasteiger partial charge in [0.05, 0.1) is 5.97 Å². The number of carboxylic acid groups (broad SMARTS) is 1. The molecule has 1 rings (SSSR count). The Morgan fingerprint density at radius 1 is 1.33 bits per heavy atom. The third-order valence-corrected chi connectivity index (χ3v) is 1.98. The molecule has 0 unspecified atom stereocenters. The molecular formula is C9H6BrO2-. The molecule has 2 nitrogen and oxygen atoms in total. The Morgan fingerprint density at radius 3 is 2.42 bits per heavy atom. The van der Waals surface area contributed by atoms with Gasteiger partial charge in [0, 0.05) is 4.48 Å². The molecule has 0 bridgehead atoms. The molecule has 1 aromatic rings. The SMILES string of the molecule is O=C([O-])C=C(Br)c1ccccc1. The highest BCUT2D eigenvalue weighted by molar-refractivity contribution is 9.15. The molecule has 0 aliphatic carbocycles. The van der Waals surface area contributed by atoms with Crippen LogP contribution in [-0.4, -0.2) is 5.97 Å². The van der Waals surface area contributed by atoms with Gasteiger partial charge in [0.25, 0.3) is 0 Å². The van der Waals surface area contributed by atoms with Crippen molar-refractivity contribution in [3.05, 3.63) is 42.0 Å². The van der Waals surface area contributed by atoms with E-state index >= 15 is 0 Å². The molecule has 0 radical (unpaired) electrons. The minimum Gasteiger partial charge on any atom is -0.545 e. The molecule has 12 heavy (non-hydrogen) atoms. The van der Waals surface area contributed by atoms with E-state index in [0.29, 0.717) is 4.48 Å². The second-order valence-corrected chi connectivity index (χ2v) is 3.03. The molecule has 0 fully saturated rings. The maximum absolute atomic E-state index is 10.2. The Morgan fingerprint density at radius 2 is 1.92 bits per heavy atom. The maximum atomic E-state index is 10.2. The van der Waals surface area contributed by atoms with E-state index in [1.54, 1.807) is 0 Å². The van der Waals surface area contributed by atoms with Crippen LogP contribution in [0.4, 0.5) is 0 Å². The van der Waals surface area contributed by atoms with Crippen LogP contribution in [0.3, 0.4) is 0 Å². The summed E-state index contributed by atoms with van der Waals surface area (Å²) in [5.41, 5.74) is 0.821. The lowest BCUT2D eigenvalue weighted by atomic mass is 10.2. The summed E-state index contributed by atoms with van der Waals surface area (Å²) in [5.74, 6) is -1.20. The van der Waals surface area contributed by atoms with Crippen molar-refractivity contribution in [1.29, 1.82) is 0 Å². The minimum atomic E-state index is -1.20. The van der Waals surface area contributed by atoms with E-state index in [4.69, 9.17) is 0 Å². The molecule has 62 valence electrons. The quantitative estimate of drug-likeness (QED) is 0.710. The largest absolute Gasteiger partial charge is 0.545 e. The van der Waals surface area contributed by atoms with E-state index in [9.17, 15) is 9.90 Å². The summed E-state index contributed by atoms with van der Waals surface area (Å²) < 4.78 is 0.517. The number of carboxylic acids is 1. The van der Waals surface area contributed by atoms with Crippen LogP contribution in [0.1, 0.15) is 5.56 Å². The molecular weight excluding hydrogens is 220 g/mol. The van der Waals surface area contributed by atoms with Gasteiger partial charge in [-0.1, -0.05) is 46.3 Å². The average Bonchev–Trinajstić information content (AvgIpc) is 2.05. The molecule has 0 saturated heterocycles. The van der Waals surface area contributed by atoms with E-state index in [1.165, 1.54) is 0 Å². The van der Waals surface area contributed by atoms with Crippen LogP contribution in [0.15, 0.2) is 36.4 Å². The van der Waals surface area contributed by atoms with Crippen molar-refractivity contribution in [3.8, 4) is 0 Å². The van der Waals surface area contributed by atoms with Gasteiger partial charge in [0.15, 0.2) is 0 Å². The van der Waals surface area contributed by atoms with Gasteiger partial charge in [-0.2, -0.15) is 0 Å². The predicted octanol–water partition coefficient (Wildman–Crippen LogP) is 1.17. The summed E-state index contributed by atoms with van der Waals surface area (Å²) in [5, 5.41) is 10.2. The van der Waals surface area contributed by atoms with E-state index in [0.717, 1.165) is 11.6 Å². The highest BCUT2D eigenvalue weighted by atomic mass is 79.9. The first-order valence-electron chi connectivity index (χ1n) is 3.34. The lowest BCUT2D eigenvalue weighted by Crippen LogP contribution is -2.18. The van der Waals surface area contributed by atoms with Crippen molar-refractivity contribution in [2.75, 3.05) is 0 Å². The third-order valence-electron chi connectivity index (χ3n) is 1.29. The van der Waals surface area contributed by atoms with E-state index in [-0.39, 0.29) is 0 Å².